The molecule has 0 aromatic rings. The third-order valence-corrected chi connectivity index (χ3v) is 1.50. The smallest absolute Gasteiger partial charge is 0.0778 e. The summed E-state index contributed by atoms with van der Waals surface area (Å²) in [6.07, 6.45) is 3.83. The van der Waals surface area contributed by atoms with E-state index < -0.39 is 0 Å². The molecule has 0 saturated heterocycles. The molecular weight excluding hydrogens is 114 g/mol. The van der Waals surface area contributed by atoms with E-state index in [1.165, 1.54) is 0 Å². The summed E-state index contributed by atoms with van der Waals surface area (Å²) in [7, 11) is 0. The van der Waals surface area contributed by atoms with Crippen LogP contribution in [0.1, 0.15) is 13.3 Å². The third kappa shape index (κ3) is 1.33. The number of hydrogen-bond acceptors (Lipinski definition) is 2. The lowest BCUT2D eigenvalue weighted by Gasteiger charge is -2.12. The maximum absolute atomic E-state index is 9.00. The summed E-state index contributed by atoms with van der Waals surface area (Å²) in [4.78, 5) is 0. The standard InChI is InChI=1S/C7H11NO/c1-5-2-3-6(9)4-7(5)8/h2-3,6,9H,4,8H2,1H3. The molecule has 0 spiro atoms. The van der Waals surface area contributed by atoms with Crippen LogP contribution in [-0.2, 0) is 0 Å². The van der Waals surface area contributed by atoms with Gasteiger partial charge in [-0.1, -0.05) is 12.2 Å². The van der Waals surface area contributed by atoms with Gasteiger partial charge >= 0.3 is 0 Å². The van der Waals surface area contributed by atoms with Crippen molar-refractivity contribution in [1.82, 2.24) is 0 Å². The van der Waals surface area contributed by atoms with Crippen molar-refractivity contribution in [2.45, 2.75) is 19.4 Å². The maximum atomic E-state index is 9.00. The molecule has 2 heteroatoms. The first kappa shape index (κ1) is 6.36. The average molecular weight is 125 g/mol. The molecule has 1 rings (SSSR count). The Labute approximate surface area is 54.7 Å². The Hall–Kier alpha value is -0.760. The molecule has 0 aromatic heterocycles. The van der Waals surface area contributed by atoms with Gasteiger partial charge in [-0.25, -0.2) is 0 Å². The summed E-state index contributed by atoms with van der Waals surface area (Å²) in [6.45, 7) is 1.94. The molecule has 1 aliphatic carbocycles. The van der Waals surface area contributed by atoms with E-state index in [9.17, 15) is 0 Å². The van der Waals surface area contributed by atoms with Crippen LogP contribution >= 0.6 is 0 Å². The Balaban J connectivity index is 2.75. The van der Waals surface area contributed by atoms with Crippen molar-refractivity contribution in [2.75, 3.05) is 0 Å². The van der Waals surface area contributed by atoms with E-state index in [4.69, 9.17) is 10.8 Å². The van der Waals surface area contributed by atoms with Gasteiger partial charge in [-0.05, 0) is 12.5 Å². The van der Waals surface area contributed by atoms with E-state index in [1.54, 1.807) is 6.08 Å². The van der Waals surface area contributed by atoms with Crippen LogP contribution in [0.4, 0.5) is 0 Å². The number of allylic oxidation sites excluding steroid dienone is 2. The van der Waals surface area contributed by atoms with Crippen molar-refractivity contribution in [3.05, 3.63) is 23.4 Å². The van der Waals surface area contributed by atoms with Gasteiger partial charge in [0.25, 0.3) is 0 Å². The van der Waals surface area contributed by atoms with Gasteiger partial charge in [0.15, 0.2) is 0 Å². The highest BCUT2D eigenvalue weighted by Gasteiger charge is 2.07. The minimum absolute atomic E-state index is 0.367. The molecule has 0 bridgehead atoms. The van der Waals surface area contributed by atoms with Crippen LogP contribution in [0.2, 0.25) is 0 Å². The predicted octanol–water partition coefficient (Wildman–Crippen LogP) is 0.540. The van der Waals surface area contributed by atoms with Crippen molar-refractivity contribution < 1.29 is 5.11 Å². The quantitative estimate of drug-likeness (QED) is 0.496. The molecule has 0 aliphatic heterocycles. The minimum Gasteiger partial charge on any atom is -0.402 e. The molecule has 50 valence electrons. The van der Waals surface area contributed by atoms with Crippen LogP contribution in [0.15, 0.2) is 23.4 Å². The number of aliphatic hydroxyl groups excluding tert-OH is 1. The van der Waals surface area contributed by atoms with E-state index in [-0.39, 0.29) is 6.10 Å². The van der Waals surface area contributed by atoms with E-state index in [0.717, 1.165) is 11.3 Å². The summed E-state index contributed by atoms with van der Waals surface area (Å²) < 4.78 is 0. The molecule has 1 unspecified atom stereocenters. The summed E-state index contributed by atoms with van der Waals surface area (Å²) in [5.74, 6) is 0. The van der Waals surface area contributed by atoms with Crippen molar-refractivity contribution >= 4 is 0 Å². The minimum atomic E-state index is -0.367. The Bertz CT molecular complexity index is 170. The van der Waals surface area contributed by atoms with Gasteiger partial charge in [-0.3, -0.25) is 0 Å². The molecule has 1 atom stereocenters. The fourth-order valence-electron chi connectivity index (χ4n) is 0.817. The van der Waals surface area contributed by atoms with Gasteiger partial charge in [0, 0.05) is 12.1 Å². The predicted molar refractivity (Wildman–Crippen MR) is 36.7 cm³/mol. The molecule has 0 radical (unpaired) electrons. The van der Waals surface area contributed by atoms with Crippen LogP contribution < -0.4 is 5.73 Å². The highest BCUT2D eigenvalue weighted by molar-refractivity contribution is 5.27. The average Bonchev–Trinajstić information content (AvgIpc) is 1.80. The fourth-order valence-corrected chi connectivity index (χ4v) is 0.817. The zero-order valence-electron chi connectivity index (χ0n) is 5.46. The summed E-state index contributed by atoms with van der Waals surface area (Å²) >= 11 is 0. The lowest BCUT2D eigenvalue weighted by atomic mass is 10.0. The number of rotatable bonds is 0. The highest BCUT2D eigenvalue weighted by Crippen LogP contribution is 2.13. The van der Waals surface area contributed by atoms with Gasteiger partial charge in [-0.2, -0.15) is 0 Å². The first-order valence-electron chi connectivity index (χ1n) is 3.01. The highest BCUT2D eigenvalue weighted by atomic mass is 16.3. The summed E-state index contributed by atoms with van der Waals surface area (Å²) in [5.41, 5.74) is 7.40. The van der Waals surface area contributed by atoms with E-state index in [0.29, 0.717) is 6.42 Å². The molecule has 0 saturated carbocycles. The van der Waals surface area contributed by atoms with Crippen LogP contribution in [0.25, 0.3) is 0 Å². The van der Waals surface area contributed by atoms with Gasteiger partial charge < -0.3 is 10.8 Å². The van der Waals surface area contributed by atoms with Crippen LogP contribution in [0.5, 0.6) is 0 Å². The molecule has 2 nitrogen and oxygen atoms in total. The zero-order chi connectivity index (χ0) is 6.85. The number of aliphatic hydroxyl groups is 1. The van der Waals surface area contributed by atoms with Gasteiger partial charge in [0.2, 0.25) is 0 Å². The largest absolute Gasteiger partial charge is 0.402 e. The second-order valence-corrected chi connectivity index (χ2v) is 2.34. The topological polar surface area (TPSA) is 46.2 Å². The second kappa shape index (κ2) is 2.23. The molecule has 1 aliphatic rings. The van der Waals surface area contributed by atoms with Gasteiger partial charge in [-0.15, -0.1) is 0 Å². The molecule has 0 aromatic carbocycles. The Morgan fingerprint density at radius 3 is 2.89 bits per heavy atom. The summed E-state index contributed by atoms with van der Waals surface area (Å²) in [6, 6.07) is 0. The molecular formula is C7H11NO. The molecule has 3 N–H and O–H groups in total. The maximum Gasteiger partial charge on any atom is 0.0778 e. The lowest BCUT2D eigenvalue weighted by molar-refractivity contribution is 0.221. The molecule has 0 heterocycles. The monoisotopic (exact) mass is 125 g/mol. The van der Waals surface area contributed by atoms with Crippen molar-refractivity contribution in [1.29, 1.82) is 0 Å². The van der Waals surface area contributed by atoms with Crippen LogP contribution in [0.3, 0.4) is 0 Å². The normalized spacial score (nSPS) is 27.1. The van der Waals surface area contributed by atoms with Crippen LogP contribution in [0, 0.1) is 0 Å². The zero-order valence-corrected chi connectivity index (χ0v) is 5.46. The first-order valence-corrected chi connectivity index (χ1v) is 3.01. The summed E-state index contributed by atoms with van der Waals surface area (Å²) in [5, 5.41) is 9.00. The molecule has 0 fully saturated rings. The van der Waals surface area contributed by atoms with Gasteiger partial charge in [0.05, 0.1) is 6.10 Å². The Morgan fingerprint density at radius 2 is 2.44 bits per heavy atom. The van der Waals surface area contributed by atoms with Crippen molar-refractivity contribution in [2.24, 2.45) is 5.73 Å². The van der Waals surface area contributed by atoms with E-state index in [1.807, 2.05) is 13.0 Å². The Kier molecular flexibility index (Phi) is 1.58. The van der Waals surface area contributed by atoms with Gasteiger partial charge in [0.1, 0.15) is 0 Å². The SMILES string of the molecule is CC1=C(N)CC(O)C=C1. The molecule has 0 amide bonds. The lowest BCUT2D eigenvalue weighted by Crippen LogP contribution is -2.13. The molecule has 9 heavy (non-hydrogen) atoms. The van der Waals surface area contributed by atoms with Crippen molar-refractivity contribution in [3.63, 3.8) is 0 Å². The Morgan fingerprint density at radius 1 is 1.78 bits per heavy atom. The second-order valence-electron chi connectivity index (χ2n) is 2.34. The van der Waals surface area contributed by atoms with E-state index in [2.05, 4.69) is 0 Å². The third-order valence-electron chi connectivity index (χ3n) is 1.50. The fraction of sp³-hybridized carbons (Fsp3) is 0.429. The van der Waals surface area contributed by atoms with E-state index >= 15 is 0 Å². The van der Waals surface area contributed by atoms with Crippen LogP contribution in [-0.4, -0.2) is 11.2 Å². The number of hydrogen-bond donors (Lipinski definition) is 2. The number of nitrogens with two attached hydrogens (primary N) is 1. The van der Waals surface area contributed by atoms with Crippen molar-refractivity contribution in [3.8, 4) is 0 Å². The first-order chi connectivity index (χ1) is 4.20.